The third kappa shape index (κ3) is 3.08. The molecular weight excluding hydrogens is 296 g/mol. The van der Waals surface area contributed by atoms with E-state index in [1.165, 1.54) is 34.7 Å². The molecule has 1 aromatic heterocycles. The van der Waals surface area contributed by atoms with Gasteiger partial charge < -0.3 is 5.32 Å². The molecule has 3 rings (SSSR count). The Labute approximate surface area is 125 Å². The first-order valence-electron chi connectivity index (χ1n) is 6.44. The van der Waals surface area contributed by atoms with Crippen molar-refractivity contribution < 1.29 is 0 Å². The van der Waals surface area contributed by atoms with Crippen molar-refractivity contribution in [2.45, 2.75) is 35.5 Å². The molecule has 106 valence electrons. The molecular formula is C13H15ClN4OS. The van der Waals surface area contributed by atoms with E-state index >= 15 is 0 Å². The lowest BCUT2D eigenvalue weighted by Gasteiger charge is -2.10. The first-order valence-corrected chi connectivity index (χ1v) is 7.64. The number of nitrogens with one attached hydrogen (secondary N) is 2. The molecule has 0 radical (unpaired) electrons. The lowest BCUT2D eigenvalue weighted by Crippen LogP contribution is -2.16. The third-order valence-corrected chi connectivity index (χ3v) is 4.61. The average molecular weight is 311 g/mol. The molecule has 0 bridgehead atoms. The van der Waals surface area contributed by atoms with E-state index in [2.05, 4.69) is 15.5 Å². The van der Waals surface area contributed by atoms with Gasteiger partial charge in [-0.25, -0.2) is 9.89 Å². The number of hydrogen-bond donors (Lipinski definition) is 2. The highest BCUT2D eigenvalue weighted by molar-refractivity contribution is 7.99. The summed E-state index contributed by atoms with van der Waals surface area (Å²) in [6.07, 6.45) is 2.51. The molecule has 5 nitrogen and oxygen atoms in total. The molecule has 1 aliphatic carbocycles. The topological polar surface area (TPSA) is 62.7 Å². The summed E-state index contributed by atoms with van der Waals surface area (Å²) >= 11 is 7.52. The summed E-state index contributed by atoms with van der Waals surface area (Å²) in [6.45, 7) is 0.808. The number of hydrogen-bond acceptors (Lipinski definition) is 4. The molecule has 1 aromatic carbocycles. The van der Waals surface area contributed by atoms with Gasteiger partial charge in [0.25, 0.3) is 0 Å². The molecule has 1 aliphatic rings. The summed E-state index contributed by atoms with van der Waals surface area (Å²) in [5.41, 5.74) is 0.953. The number of H-pyrrole nitrogens is 1. The first-order chi connectivity index (χ1) is 9.63. The van der Waals surface area contributed by atoms with Crippen molar-refractivity contribution >= 4 is 23.4 Å². The minimum Gasteiger partial charge on any atom is -0.310 e. The maximum atomic E-state index is 11.4. The Morgan fingerprint density at radius 1 is 1.55 bits per heavy atom. The van der Waals surface area contributed by atoms with Gasteiger partial charge in [0.2, 0.25) is 0 Å². The minimum atomic E-state index is -0.216. The number of halogens is 1. The van der Waals surface area contributed by atoms with Crippen LogP contribution in [0.3, 0.4) is 0 Å². The van der Waals surface area contributed by atoms with Gasteiger partial charge in [0, 0.05) is 29.6 Å². The van der Waals surface area contributed by atoms with Crippen LogP contribution < -0.4 is 11.0 Å². The van der Waals surface area contributed by atoms with E-state index in [1.807, 2.05) is 18.2 Å². The van der Waals surface area contributed by atoms with Gasteiger partial charge >= 0.3 is 5.69 Å². The van der Waals surface area contributed by atoms with E-state index in [-0.39, 0.29) is 5.69 Å². The van der Waals surface area contributed by atoms with Crippen molar-refractivity contribution in [2.75, 3.05) is 0 Å². The number of aromatic amines is 1. The lowest BCUT2D eigenvalue weighted by atomic mass is 10.2. The van der Waals surface area contributed by atoms with Gasteiger partial charge in [0.15, 0.2) is 5.16 Å². The van der Waals surface area contributed by atoms with E-state index < -0.39 is 0 Å². The van der Waals surface area contributed by atoms with Crippen molar-refractivity contribution in [1.82, 2.24) is 20.1 Å². The Balaban J connectivity index is 1.84. The molecule has 2 N–H and O–H groups in total. The Kier molecular flexibility index (Phi) is 3.87. The average Bonchev–Trinajstić information content (AvgIpc) is 3.20. The SMILES string of the molecule is Cn1c(Sc2cc(Cl)ccc2CNC2CC2)n[nH]c1=O. The van der Waals surface area contributed by atoms with Crippen molar-refractivity contribution in [2.24, 2.45) is 7.05 Å². The van der Waals surface area contributed by atoms with Crippen LogP contribution in [0.15, 0.2) is 33.0 Å². The van der Waals surface area contributed by atoms with Crippen LogP contribution in [0.2, 0.25) is 5.02 Å². The fraction of sp³-hybridized carbons (Fsp3) is 0.385. The second kappa shape index (κ2) is 5.63. The van der Waals surface area contributed by atoms with Crippen molar-refractivity contribution in [3.05, 3.63) is 39.3 Å². The largest absolute Gasteiger partial charge is 0.343 e. The maximum Gasteiger partial charge on any atom is 0.343 e. The summed E-state index contributed by atoms with van der Waals surface area (Å²) < 4.78 is 1.49. The van der Waals surface area contributed by atoms with Gasteiger partial charge in [-0.2, -0.15) is 0 Å². The zero-order valence-corrected chi connectivity index (χ0v) is 12.6. The molecule has 0 aliphatic heterocycles. The van der Waals surface area contributed by atoms with Crippen LogP contribution in [-0.4, -0.2) is 20.8 Å². The summed E-state index contributed by atoms with van der Waals surface area (Å²) in [7, 11) is 1.70. The Morgan fingerprint density at radius 2 is 2.35 bits per heavy atom. The minimum absolute atomic E-state index is 0.216. The van der Waals surface area contributed by atoms with Gasteiger partial charge in [-0.15, -0.1) is 5.10 Å². The van der Waals surface area contributed by atoms with Crippen molar-refractivity contribution in [3.8, 4) is 0 Å². The van der Waals surface area contributed by atoms with Crippen LogP contribution >= 0.6 is 23.4 Å². The molecule has 0 unspecified atom stereocenters. The highest BCUT2D eigenvalue weighted by Gasteiger charge is 2.20. The standard InChI is InChI=1S/C13H15ClN4OS/c1-18-12(19)16-17-13(18)20-11-6-9(14)3-2-8(11)7-15-10-4-5-10/h2-3,6,10,15H,4-5,7H2,1H3,(H,16,19). The highest BCUT2D eigenvalue weighted by Crippen LogP contribution is 2.31. The van der Waals surface area contributed by atoms with Crippen LogP contribution in [0.4, 0.5) is 0 Å². The van der Waals surface area contributed by atoms with Crippen LogP contribution in [0.25, 0.3) is 0 Å². The smallest absolute Gasteiger partial charge is 0.310 e. The maximum absolute atomic E-state index is 11.4. The lowest BCUT2D eigenvalue weighted by molar-refractivity contribution is 0.680. The number of rotatable bonds is 5. The summed E-state index contributed by atoms with van der Waals surface area (Å²) in [4.78, 5) is 12.4. The number of nitrogens with zero attached hydrogens (tertiary/aromatic N) is 2. The van der Waals surface area contributed by atoms with Crippen LogP contribution in [0.1, 0.15) is 18.4 Å². The molecule has 20 heavy (non-hydrogen) atoms. The Morgan fingerprint density at radius 3 is 3.00 bits per heavy atom. The van der Waals surface area contributed by atoms with Crippen LogP contribution in [0, 0.1) is 0 Å². The van der Waals surface area contributed by atoms with E-state index in [0.717, 1.165) is 11.4 Å². The molecule has 0 atom stereocenters. The van der Waals surface area contributed by atoms with Crippen molar-refractivity contribution in [1.29, 1.82) is 0 Å². The zero-order valence-electron chi connectivity index (χ0n) is 11.0. The monoisotopic (exact) mass is 310 g/mol. The normalized spacial score (nSPS) is 14.7. The molecule has 1 saturated carbocycles. The Bertz CT molecular complexity index is 677. The fourth-order valence-electron chi connectivity index (χ4n) is 1.83. The van der Waals surface area contributed by atoms with E-state index in [0.29, 0.717) is 16.2 Å². The zero-order chi connectivity index (χ0) is 14.1. The summed E-state index contributed by atoms with van der Waals surface area (Å²) in [5, 5.41) is 11.3. The van der Waals surface area contributed by atoms with E-state index in [9.17, 15) is 4.79 Å². The second-order valence-electron chi connectivity index (χ2n) is 4.88. The molecule has 1 fully saturated rings. The third-order valence-electron chi connectivity index (χ3n) is 3.23. The first kappa shape index (κ1) is 13.7. The predicted octanol–water partition coefficient (Wildman–Crippen LogP) is 2.16. The predicted molar refractivity (Wildman–Crippen MR) is 79.3 cm³/mol. The van der Waals surface area contributed by atoms with Crippen molar-refractivity contribution in [3.63, 3.8) is 0 Å². The van der Waals surface area contributed by atoms with Gasteiger partial charge in [-0.3, -0.25) is 4.57 Å². The van der Waals surface area contributed by atoms with Gasteiger partial charge in [-0.1, -0.05) is 17.7 Å². The van der Waals surface area contributed by atoms with Gasteiger partial charge in [0.1, 0.15) is 0 Å². The summed E-state index contributed by atoms with van der Waals surface area (Å²) in [5.74, 6) is 0. The molecule has 2 aromatic rings. The Hall–Kier alpha value is -1.24. The highest BCUT2D eigenvalue weighted by atomic mass is 35.5. The second-order valence-corrected chi connectivity index (χ2v) is 6.33. The quantitative estimate of drug-likeness (QED) is 0.888. The van der Waals surface area contributed by atoms with Crippen LogP contribution in [0.5, 0.6) is 0 Å². The van der Waals surface area contributed by atoms with Crippen LogP contribution in [-0.2, 0) is 13.6 Å². The van der Waals surface area contributed by atoms with Gasteiger partial charge in [-0.05, 0) is 42.3 Å². The molecule has 0 amide bonds. The van der Waals surface area contributed by atoms with Gasteiger partial charge in [0.05, 0.1) is 0 Å². The molecule has 0 spiro atoms. The van der Waals surface area contributed by atoms with E-state index in [1.54, 1.807) is 7.05 Å². The molecule has 7 heteroatoms. The number of aromatic nitrogens is 3. The molecule has 0 saturated heterocycles. The fourth-order valence-corrected chi connectivity index (χ4v) is 3.04. The number of benzene rings is 1. The molecule has 1 heterocycles. The van der Waals surface area contributed by atoms with E-state index in [4.69, 9.17) is 11.6 Å². The summed E-state index contributed by atoms with van der Waals surface area (Å²) in [6, 6.07) is 6.47.